The van der Waals surface area contributed by atoms with Crippen LogP contribution in [0.3, 0.4) is 0 Å². The molecule has 0 N–H and O–H groups in total. The zero-order valence-corrected chi connectivity index (χ0v) is 15.6. The zero-order chi connectivity index (χ0) is 18.8. The van der Waals surface area contributed by atoms with Crippen LogP contribution in [0.1, 0.15) is 49.8 Å². The number of carbonyl (C=O) groups excluding carboxylic acids is 2. The van der Waals surface area contributed by atoms with Crippen LogP contribution in [0, 0.1) is 17.2 Å². The Kier molecular flexibility index (Phi) is 5.17. The van der Waals surface area contributed by atoms with Crippen molar-refractivity contribution in [3.63, 3.8) is 0 Å². The van der Waals surface area contributed by atoms with Gasteiger partial charge < -0.3 is 14.5 Å². The average molecular weight is 355 g/mol. The molecule has 0 aromatic heterocycles. The quantitative estimate of drug-likeness (QED) is 0.813. The van der Waals surface area contributed by atoms with Crippen molar-refractivity contribution in [1.82, 2.24) is 9.80 Å². The van der Waals surface area contributed by atoms with Crippen molar-refractivity contribution in [2.75, 3.05) is 26.7 Å². The van der Waals surface area contributed by atoms with E-state index in [0.717, 1.165) is 23.3 Å². The highest BCUT2D eigenvalue weighted by atomic mass is 16.5. The first-order chi connectivity index (χ1) is 12.5. The van der Waals surface area contributed by atoms with Crippen LogP contribution in [-0.2, 0) is 9.59 Å². The number of rotatable bonds is 5. The van der Waals surface area contributed by atoms with Crippen molar-refractivity contribution in [3.8, 4) is 11.8 Å². The molecule has 2 heterocycles. The highest BCUT2D eigenvalue weighted by Crippen LogP contribution is 2.40. The summed E-state index contributed by atoms with van der Waals surface area (Å²) in [5.74, 6) is 0.631. The third kappa shape index (κ3) is 3.14. The first kappa shape index (κ1) is 18.2. The van der Waals surface area contributed by atoms with Gasteiger partial charge in [-0.3, -0.25) is 9.59 Å². The third-order valence-corrected chi connectivity index (χ3v) is 5.49. The van der Waals surface area contributed by atoms with Crippen molar-refractivity contribution in [1.29, 1.82) is 5.26 Å². The molecule has 3 atom stereocenters. The molecule has 1 fully saturated rings. The maximum Gasteiger partial charge on any atom is 0.243 e. The van der Waals surface area contributed by atoms with Gasteiger partial charge in [0.2, 0.25) is 11.8 Å². The Balaban J connectivity index is 2.02. The minimum absolute atomic E-state index is 0.0168. The van der Waals surface area contributed by atoms with E-state index in [0.29, 0.717) is 18.9 Å². The molecule has 26 heavy (non-hydrogen) atoms. The molecule has 6 heteroatoms. The molecule has 0 bridgehead atoms. The highest BCUT2D eigenvalue weighted by molar-refractivity contribution is 5.92. The number of hydrogen-bond acceptors (Lipinski definition) is 4. The number of carbonyl (C=O) groups is 2. The van der Waals surface area contributed by atoms with Crippen LogP contribution in [0.15, 0.2) is 18.2 Å². The van der Waals surface area contributed by atoms with Crippen LogP contribution < -0.4 is 4.74 Å². The maximum atomic E-state index is 12.7. The third-order valence-electron chi connectivity index (χ3n) is 5.49. The molecule has 0 spiro atoms. The number of nitrogens with zero attached hydrogens (tertiary/aromatic N) is 3. The van der Waals surface area contributed by atoms with Gasteiger partial charge in [-0.2, -0.15) is 5.26 Å². The lowest BCUT2D eigenvalue weighted by molar-refractivity contribution is -0.151. The Morgan fingerprint density at radius 1 is 1.27 bits per heavy atom. The van der Waals surface area contributed by atoms with Crippen LogP contribution in [0.2, 0.25) is 0 Å². The summed E-state index contributed by atoms with van der Waals surface area (Å²) in [5, 5.41) is 9.68. The van der Waals surface area contributed by atoms with Gasteiger partial charge in [0.1, 0.15) is 12.3 Å². The van der Waals surface area contributed by atoms with Gasteiger partial charge in [0, 0.05) is 18.5 Å². The van der Waals surface area contributed by atoms with Gasteiger partial charge in [0.25, 0.3) is 0 Å². The summed E-state index contributed by atoms with van der Waals surface area (Å²) in [7, 11) is 1.63. The van der Waals surface area contributed by atoms with Crippen molar-refractivity contribution < 1.29 is 14.3 Å². The number of likely N-dealkylation sites (N-methyl/N-ethyl adjacent to an activating group) is 1. The first-order valence-corrected chi connectivity index (χ1v) is 9.19. The zero-order valence-electron chi connectivity index (χ0n) is 15.6. The maximum absolute atomic E-state index is 12.7. The van der Waals surface area contributed by atoms with Crippen molar-refractivity contribution in [3.05, 3.63) is 29.3 Å². The minimum Gasteiger partial charge on any atom is -0.493 e. The first-order valence-electron chi connectivity index (χ1n) is 9.19. The number of fused-ring (bicyclic) bond motifs is 1. The molecule has 2 amide bonds. The minimum atomic E-state index is -0.418. The van der Waals surface area contributed by atoms with Crippen LogP contribution in [0.4, 0.5) is 0 Å². The lowest BCUT2D eigenvalue weighted by atomic mass is 9.87. The fraction of sp³-hybridized carbons (Fsp3) is 0.550. The van der Waals surface area contributed by atoms with Crippen LogP contribution in [0.5, 0.6) is 5.75 Å². The van der Waals surface area contributed by atoms with Crippen molar-refractivity contribution in [2.24, 2.45) is 5.92 Å². The number of amides is 2. The van der Waals surface area contributed by atoms with Crippen molar-refractivity contribution >= 4 is 11.8 Å². The number of benzene rings is 1. The van der Waals surface area contributed by atoms with E-state index in [-0.39, 0.29) is 30.8 Å². The Morgan fingerprint density at radius 3 is 2.69 bits per heavy atom. The summed E-state index contributed by atoms with van der Waals surface area (Å²) in [6.45, 7) is 4.81. The molecular weight excluding hydrogens is 330 g/mol. The molecule has 138 valence electrons. The van der Waals surface area contributed by atoms with E-state index >= 15 is 0 Å². The summed E-state index contributed by atoms with van der Waals surface area (Å²) < 4.78 is 5.74. The van der Waals surface area contributed by atoms with Gasteiger partial charge in [-0.1, -0.05) is 19.9 Å². The molecule has 1 aromatic rings. The van der Waals surface area contributed by atoms with E-state index in [1.165, 1.54) is 4.90 Å². The molecule has 1 aromatic carbocycles. The second-order valence-electron chi connectivity index (χ2n) is 7.07. The standard InChI is InChI=1S/C20H25N3O3/c1-4-13(9-21)20(23-11-18(24)22(3)10-19(23)25)15-6-7-17-16(8-15)14(5-2)12-26-17/h6-8,13-14,20H,4-5,10-12H2,1-3H3. The normalized spacial score (nSPS) is 21.8. The smallest absolute Gasteiger partial charge is 0.243 e. The van der Waals surface area contributed by atoms with Gasteiger partial charge in [-0.05, 0) is 30.5 Å². The molecule has 3 unspecified atom stereocenters. The SMILES string of the molecule is CCC1COc2ccc(C(C(C#N)CC)N3CC(=O)N(C)CC3=O)cc21. The number of ether oxygens (including phenoxy) is 1. The molecule has 6 nitrogen and oxygen atoms in total. The van der Waals surface area contributed by atoms with E-state index in [2.05, 4.69) is 19.1 Å². The van der Waals surface area contributed by atoms with Crippen LogP contribution >= 0.6 is 0 Å². The Morgan fingerprint density at radius 2 is 2.04 bits per heavy atom. The average Bonchev–Trinajstić information content (AvgIpc) is 3.05. The van der Waals surface area contributed by atoms with Gasteiger partial charge in [-0.25, -0.2) is 0 Å². The second-order valence-corrected chi connectivity index (χ2v) is 7.07. The number of hydrogen-bond donors (Lipinski definition) is 0. The molecular formula is C20H25N3O3. The molecule has 0 saturated carbocycles. The largest absolute Gasteiger partial charge is 0.493 e. The summed E-state index contributed by atoms with van der Waals surface area (Å²) in [6.07, 6.45) is 1.59. The lowest BCUT2D eigenvalue weighted by Gasteiger charge is -2.39. The van der Waals surface area contributed by atoms with Crippen LogP contribution in [-0.4, -0.2) is 48.4 Å². The fourth-order valence-electron chi connectivity index (χ4n) is 3.82. The van der Waals surface area contributed by atoms with E-state index in [1.807, 2.05) is 19.1 Å². The fourth-order valence-corrected chi connectivity index (χ4v) is 3.82. The van der Waals surface area contributed by atoms with Gasteiger partial charge in [0.05, 0.1) is 31.2 Å². The monoisotopic (exact) mass is 355 g/mol. The summed E-state index contributed by atoms with van der Waals surface area (Å²) in [5.41, 5.74) is 2.04. The van der Waals surface area contributed by atoms with E-state index < -0.39 is 6.04 Å². The predicted molar refractivity (Wildman–Crippen MR) is 96.5 cm³/mol. The Labute approximate surface area is 154 Å². The van der Waals surface area contributed by atoms with Crippen LogP contribution in [0.25, 0.3) is 0 Å². The highest BCUT2D eigenvalue weighted by Gasteiger charge is 2.38. The second kappa shape index (κ2) is 7.36. The summed E-state index contributed by atoms with van der Waals surface area (Å²) in [4.78, 5) is 27.9. The lowest BCUT2D eigenvalue weighted by Crippen LogP contribution is -2.54. The molecule has 0 radical (unpaired) electrons. The summed E-state index contributed by atoms with van der Waals surface area (Å²) >= 11 is 0. The number of piperazine rings is 1. The van der Waals surface area contributed by atoms with Gasteiger partial charge in [-0.15, -0.1) is 0 Å². The van der Waals surface area contributed by atoms with Gasteiger partial charge >= 0.3 is 0 Å². The summed E-state index contributed by atoms with van der Waals surface area (Å²) in [6, 6.07) is 7.84. The Hall–Kier alpha value is -2.55. The number of nitriles is 1. The molecule has 2 aliphatic heterocycles. The predicted octanol–water partition coefficient (Wildman–Crippen LogP) is 2.46. The topological polar surface area (TPSA) is 73.6 Å². The van der Waals surface area contributed by atoms with E-state index in [9.17, 15) is 14.9 Å². The van der Waals surface area contributed by atoms with Gasteiger partial charge in [0.15, 0.2) is 0 Å². The van der Waals surface area contributed by atoms with Crippen molar-refractivity contribution in [2.45, 2.75) is 38.6 Å². The molecule has 0 aliphatic carbocycles. The molecule has 2 aliphatic rings. The molecule has 1 saturated heterocycles. The Bertz CT molecular complexity index is 755. The molecule has 3 rings (SSSR count). The van der Waals surface area contributed by atoms with E-state index in [4.69, 9.17) is 4.74 Å². The van der Waals surface area contributed by atoms with E-state index in [1.54, 1.807) is 11.9 Å².